The summed E-state index contributed by atoms with van der Waals surface area (Å²) in [6, 6.07) is 0.608. The predicted molar refractivity (Wildman–Crippen MR) is 52.3 cm³/mol. The van der Waals surface area contributed by atoms with E-state index >= 15 is 0 Å². The summed E-state index contributed by atoms with van der Waals surface area (Å²) in [4.78, 5) is 13.9. The van der Waals surface area contributed by atoms with Gasteiger partial charge in [-0.15, -0.1) is 0 Å². The molecular formula is C11H19NO. The molecule has 0 spiro atoms. The van der Waals surface area contributed by atoms with Crippen molar-refractivity contribution in [1.29, 1.82) is 0 Å². The van der Waals surface area contributed by atoms with Gasteiger partial charge in [0.25, 0.3) is 0 Å². The first kappa shape index (κ1) is 9.04. The van der Waals surface area contributed by atoms with E-state index in [1.165, 1.54) is 19.3 Å². The van der Waals surface area contributed by atoms with Crippen LogP contribution in [0.1, 0.15) is 39.5 Å². The standard InChI is InChI=1S/C11H19NO/c1-8(2)5-11(13)12-7-9-3-4-10(12)6-9/h8-10H,3-7H2,1-2H3/t9-,10+/m1/s1. The normalized spacial score (nSPS) is 31.8. The van der Waals surface area contributed by atoms with Gasteiger partial charge in [0.1, 0.15) is 0 Å². The zero-order valence-electron chi connectivity index (χ0n) is 8.62. The molecule has 1 amide bonds. The van der Waals surface area contributed by atoms with Gasteiger partial charge in [-0.05, 0) is 31.1 Å². The number of hydrogen-bond donors (Lipinski definition) is 0. The van der Waals surface area contributed by atoms with Crippen molar-refractivity contribution in [2.24, 2.45) is 11.8 Å². The third-order valence-electron chi connectivity index (χ3n) is 3.31. The number of amides is 1. The Bertz CT molecular complexity index is 212. The highest BCUT2D eigenvalue weighted by atomic mass is 16.2. The van der Waals surface area contributed by atoms with Crippen molar-refractivity contribution in [3.8, 4) is 0 Å². The second kappa shape index (κ2) is 3.32. The molecule has 1 aliphatic carbocycles. The van der Waals surface area contributed by atoms with Gasteiger partial charge < -0.3 is 4.90 Å². The van der Waals surface area contributed by atoms with Crippen LogP contribution in [0.3, 0.4) is 0 Å². The minimum atomic E-state index is 0.391. The molecule has 2 fully saturated rings. The number of piperidine rings is 1. The average Bonchev–Trinajstić information content (AvgIpc) is 2.62. The summed E-state index contributed by atoms with van der Waals surface area (Å²) in [7, 11) is 0. The predicted octanol–water partition coefficient (Wildman–Crippen LogP) is 2.04. The lowest BCUT2D eigenvalue weighted by atomic mass is 10.1. The molecule has 2 aliphatic rings. The van der Waals surface area contributed by atoms with Gasteiger partial charge in [0.2, 0.25) is 5.91 Å². The van der Waals surface area contributed by atoms with Crippen molar-refractivity contribution in [3.05, 3.63) is 0 Å². The Morgan fingerprint density at radius 1 is 1.46 bits per heavy atom. The molecule has 2 rings (SSSR count). The van der Waals surface area contributed by atoms with E-state index in [1.54, 1.807) is 0 Å². The number of likely N-dealkylation sites (tertiary alicyclic amines) is 1. The van der Waals surface area contributed by atoms with Crippen LogP contribution in [0, 0.1) is 11.8 Å². The Labute approximate surface area is 80.3 Å². The van der Waals surface area contributed by atoms with Crippen LogP contribution < -0.4 is 0 Å². The number of carbonyl (C=O) groups is 1. The first-order chi connectivity index (χ1) is 6.16. The van der Waals surface area contributed by atoms with Crippen LogP contribution in [-0.4, -0.2) is 23.4 Å². The molecule has 1 saturated heterocycles. The molecule has 2 nitrogen and oxygen atoms in total. The number of rotatable bonds is 2. The zero-order chi connectivity index (χ0) is 9.42. The topological polar surface area (TPSA) is 20.3 Å². The Balaban J connectivity index is 1.91. The SMILES string of the molecule is CC(C)CC(=O)N1C[C@@H]2CC[C@H]1C2. The van der Waals surface area contributed by atoms with Crippen LogP contribution in [0.25, 0.3) is 0 Å². The number of hydrogen-bond acceptors (Lipinski definition) is 1. The Morgan fingerprint density at radius 2 is 2.23 bits per heavy atom. The van der Waals surface area contributed by atoms with Gasteiger partial charge in [0, 0.05) is 19.0 Å². The van der Waals surface area contributed by atoms with E-state index in [4.69, 9.17) is 0 Å². The second-order valence-electron chi connectivity index (χ2n) is 4.98. The number of fused-ring (bicyclic) bond motifs is 2. The average molecular weight is 181 g/mol. The summed E-state index contributed by atoms with van der Waals surface area (Å²) in [6.45, 7) is 5.29. The maximum atomic E-state index is 11.8. The van der Waals surface area contributed by atoms with Gasteiger partial charge in [0.05, 0.1) is 0 Å². The van der Waals surface area contributed by atoms with E-state index in [0.29, 0.717) is 17.9 Å². The maximum absolute atomic E-state index is 11.8. The fraction of sp³-hybridized carbons (Fsp3) is 0.909. The molecule has 2 atom stereocenters. The van der Waals surface area contributed by atoms with Crippen LogP contribution in [0.5, 0.6) is 0 Å². The summed E-state index contributed by atoms with van der Waals surface area (Å²) in [6.07, 6.45) is 4.64. The smallest absolute Gasteiger partial charge is 0.223 e. The third-order valence-corrected chi connectivity index (χ3v) is 3.31. The van der Waals surface area contributed by atoms with Gasteiger partial charge in [0.15, 0.2) is 0 Å². The monoisotopic (exact) mass is 181 g/mol. The van der Waals surface area contributed by atoms with E-state index < -0.39 is 0 Å². The van der Waals surface area contributed by atoms with Crippen molar-refractivity contribution in [2.45, 2.75) is 45.6 Å². The fourth-order valence-corrected chi connectivity index (χ4v) is 2.70. The third kappa shape index (κ3) is 1.72. The van der Waals surface area contributed by atoms with Gasteiger partial charge in [-0.3, -0.25) is 4.79 Å². The fourth-order valence-electron chi connectivity index (χ4n) is 2.70. The molecule has 2 heteroatoms. The summed E-state index contributed by atoms with van der Waals surface area (Å²) in [5, 5.41) is 0. The number of carbonyl (C=O) groups excluding carboxylic acids is 1. The van der Waals surface area contributed by atoms with Crippen molar-refractivity contribution >= 4 is 5.91 Å². The minimum Gasteiger partial charge on any atom is -0.339 e. The molecule has 1 heterocycles. The minimum absolute atomic E-state index is 0.391. The highest BCUT2D eigenvalue weighted by Gasteiger charge is 2.39. The Morgan fingerprint density at radius 3 is 2.69 bits per heavy atom. The lowest BCUT2D eigenvalue weighted by Crippen LogP contribution is -2.38. The molecule has 0 N–H and O–H groups in total. The van der Waals surface area contributed by atoms with Gasteiger partial charge in [-0.2, -0.15) is 0 Å². The molecular weight excluding hydrogens is 162 g/mol. The molecule has 0 unspecified atom stereocenters. The van der Waals surface area contributed by atoms with Crippen LogP contribution >= 0.6 is 0 Å². The second-order valence-corrected chi connectivity index (χ2v) is 4.98. The van der Waals surface area contributed by atoms with Crippen LogP contribution in [0.2, 0.25) is 0 Å². The van der Waals surface area contributed by atoms with Crippen LogP contribution in [0.15, 0.2) is 0 Å². The first-order valence-corrected chi connectivity index (χ1v) is 5.46. The highest BCUT2D eigenvalue weighted by molar-refractivity contribution is 5.77. The van der Waals surface area contributed by atoms with Crippen LogP contribution in [0.4, 0.5) is 0 Å². The lowest BCUT2D eigenvalue weighted by molar-refractivity contribution is -0.133. The van der Waals surface area contributed by atoms with E-state index in [1.807, 2.05) is 0 Å². The maximum Gasteiger partial charge on any atom is 0.223 e. The molecule has 0 aromatic carbocycles. The number of nitrogens with zero attached hydrogens (tertiary/aromatic N) is 1. The van der Waals surface area contributed by atoms with Gasteiger partial charge in [-0.25, -0.2) is 0 Å². The van der Waals surface area contributed by atoms with E-state index in [0.717, 1.165) is 18.9 Å². The van der Waals surface area contributed by atoms with Crippen molar-refractivity contribution in [3.63, 3.8) is 0 Å². The molecule has 2 bridgehead atoms. The zero-order valence-corrected chi connectivity index (χ0v) is 8.62. The molecule has 1 aliphatic heterocycles. The lowest BCUT2D eigenvalue weighted by Gasteiger charge is -2.27. The Hall–Kier alpha value is -0.530. The summed E-state index contributed by atoms with van der Waals surface area (Å²) < 4.78 is 0. The van der Waals surface area contributed by atoms with Gasteiger partial charge >= 0.3 is 0 Å². The molecule has 1 saturated carbocycles. The van der Waals surface area contributed by atoms with E-state index in [2.05, 4.69) is 18.7 Å². The molecule has 13 heavy (non-hydrogen) atoms. The van der Waals surface area contributed by atoms with Crippen molar-refractivity contribution in [1.82, 2.24) is 4.90 Å². The van der Waals surface area contributed by atoms with Crippen molar-refractivity contribution in [2.75, 3.05) is 6.54 Å². The quantitative estimate of drug-likeness (QED) is 0.638. The van der Waals surface area contributed by atoms with E-state index in [9.17, 15) is 4.79 Å². The molecule has 0 radical (unpaired) electrons. The summed E-state index contributed by atoms with van der Waals surface area (Å²) >= 11 is 0. The molecule has 0 aromatic heterocycles. The highest BCUT2D eigenvalue weighted by Crippen LogP contribution is 2.37. The van der Waals surface area contributed by atoms with Crippen LogP contribution in [-0.2, 0) is 4.79 Å². The molecule has 0 aromatic rings. The molecule has 74 valence electrons. The first-order valence-electron chi connectivity index (χ1n) is 5.46. The summed E-state index contributed by atoms with van der Waals surface area (Å²) in [5.74, 6) is 1.73. The summed E-state index contributed by atoms with van der Waals surface area (Å²) in [5.41, 5.74) is 0. The Kier molecular flexibility index (Phi) is 2.31. The van der Waals surface area contributed by atoms with E-state index in [-0.39, 0.29) is 0 Å². The largest absolute Gasteiger partial charge is 0.339 e. The van der Waals surface area contributed by atoms with Crippen molar-refractivity contribution < 1.29 is 4.79 Å². The van der Waals surface area contributed by atoms with Gasteiger partial charge in [-0.1, -0.05) is 13.8 Å².